The predicted molar refractivity (Wildman–Crippen MR) is 118 cm³/mol. The molecular formula is C23H25N5S. The van der Waals surface area contributed by atoms with Crippen molar-refractivity contribution in [3.8, 4) is 0 Å². The highest BCUT2D eigenvalue weighted by Gasteiger charge is 2.20. The first-order valence-corrected chi connectivity index (χ1v) is 10.9. The number of fused-ring (bicyclic) bond motifs is 1. The van der Waals surface area contributed by atoms with E-state index in [2.05, 4.69) is 72.6 Å². The largest absolute Gasteiger partial charge is 0.338 e. The average molecular weight is 404 g/mol. The summed E-state index contributed by atoms with van der Waals surface area (Å²) in [4.78, 5) is 14.8. The second kappa shape index (κ2) is 8.53. The fraction of sp³-hybridized carbons (Fsp3) is 0.304. The third-order valence-corrected chi connectivity index (χ3v) is 6.58. The Hall–Kier alpha value is -2.41. The van der Waals surface area contributed by atoms with Crippen LogP contribution in [0.3, 0.4) is 0 Å². The van der Waals surface area contributed by atoms with Crippen molar-refractivity contribution < 1.29 is 0 Å². The highest BCUT2D eigenvalue weighted by molar-refractivity contribution is 7.97. The number of aromatic nitrogens is 2. The van der Waals surface area contributed by atoms with E-state index in [9.17, 15) is 0 Å². The maximum atomic E-state index is 4.37. The van der Waals surface area contributed by atoms with Crippen LogP contribution in [0.25, 0.3) is 0 Å². The number of nitrogens with zero attached hydrogens (tertiary/aromatic N) is 5. The number of rotatable bonds is 5. The van der Waals surface area contributed by atoms with Crippen LogP contribution in [0.4, 0.5) is 5.95 Å². The van der Waals surface area contributed by atoms with Crippen molar-refractivity contribution in [1.82, 2.24) is 19.2 Å². The second-order valence-corrected chi connectivity index (χ2v) is 8.78. The number of anilines is 1. The SMILES string of the molecule is c1cnc(N2CCN(Cc3ccc(SN4Cc5ccccc5C4)cc3)CC2)nc1. The summed E-state index contributed by atoms with van der Waals surface area (Å²) in [5.74, 6) is 0.845. The molecule has 5 rings (SSSR count). The molecule has 0 bridgehead atoms. The summed E-state index contributed by atoms with van der Waals surface area (Å²) in [6, 6.07) is 19.7. The second-order valence-electron chi connectivity index (χ2n) is 7.61. The molecule has 3 heterocycles. The van der Waals surface area contributed by atoms with Gasteiger partial charge in [0, 0.05) is 63.1 Å². The van der Waals surface area contributed by atoms with E-state index in [4.69, 9.17) is 0 Å². The summed E-state index contributed by atoms with van der Waals surface area (Å²) in [7, 11) is 0. The Morgan fingerprint density at radius 1 is 0.759 bits per heavy atom. The summed E-state index contributed by atoms with van der Waals surface area (Å²) in [5.41, 5.74) is 4.29. The van der Waals surface area contributed by atoms with E-state index in [1.165, 1.54) is 21.6 Å². The van der Waals surface area contributed by atoms with Gasteiger partial charge in [0.25, 0.3) is 0 Å². The lowest BCUT2D eigenvalue weighted by Gasteiger charge is -2.34. The quantitative estimate of drug-likeness (QED) is 0.603. The molecule has 3 aromatic rings. The van der Waals surface area contributed by atoms with Gasteiger partial charge in [-0.3, -0.25) is 4.90 Å². The third kappa shape index (κ3) is 4.45. The first kappa shape index (κ1) is 18.6. The lowest BCUT2D eigenvalue weighted by Crippen LogP contribution is -2.46. The van der Waals surface area contributed by atoms with Gasteiger partial charge in [-0.1, -0.05) is 36.4 Å². The minimum absolute atomic E-state index is 0.845. The van der Waals surface area contributed by atoms with Gasteiger partial charge in [-0.2, -0.15) is 0 Å². The molecule has 1 aromatic heterocycles. The zero-order chi connectivity index (χ0) is 19.5. The molecule has 6 heteroatoms. The van der Waals surface area contributed by atoms with Crippen LogP contribution in [0.2, 0.25) is 0 Å². The van der Waals surface area contributed by atoms with Crippen LogP contribution in [0, 0.1) is 0 Å². The number of benzene rings is 2. The van der Waals surface area contributed by atoms with Gasteiger partial charge in [0.15, 0.2) is 0 Å². The number of hydrogen-bond acceptors (Lipinski definition) is 6. The number of hydrogen-bond donors (Lipinski definition) is 0. The van der Waals surface area contributed by atoms with Crippen LogP contribution in [0.1, 0.15) is 16.7 Å². The van der Waals surface area contributed by atoms with E-state index in [-0.39, 0.29) is 0 Å². The van der Waals surface area contributed by atoms with Crippen LogP contribution in [0.15, 0.2) is 71.9 Å². The van der Waals surface area contributed by atoms with Gasteiger partial charge in [-0.05, 0) is 46.8 Å². The normalized spacial score (nSPS) is 17.4. The van der Waals surface area contributed by atoms with Gasteiger partial charge in [0.05, 0.1) is 0 Å². The predicted octanol–water partition coefficient (Wildman–Crippen LogP) is 3.82. The first-order valence-electron chi connectivity index (χ1n) is 10.2. The maximum absolute atomic E-state index is 4.37. The Morgan fingerprint density at radius 2 is 1.41 bits per heavy atom. The molecule has 0 unspecified atom stereocenters. The molecule has 0 radical (unpaired) electrons. The Balaban J connectivity index is 1.12. The molecule has 148 valence electrons. The molecule has 1 fully saturated rings. The lowest BCUT2D eigenvalue weighted by molar-refractivity contribution is 0.248. The van der Waals surface area contributed by atoms with Gasteiger partial charge in [-0.25, -0.2) is 14.3 Å². The topological polar surface area (TPSA) is 35.5 Å². The number of piperazine rings is 1. The third-order valence-electron chi connectivity index (χ3n) is 5.58. The van der Waals surface area contributed by atoms with Crippen LogP contribution in [-0.4, -0.2) is 45.4 Å². The molecule has 2 aromatic carbocycles. The van der Waals surface area contributed by atoms with Crippen LogP contribution in [-0.2, 0) is 19.6 Å². The maximum Gasteiger partial charge on any atom is 0.225 e. The summed E-state index contributed by atoms with van der Waals surface area (Å²) in [6.45, 7) is 7.10. The minimum atomic E-state index is 0.845. The van der Waals surface area contributed by atoms with Crippen molar-refractivity contribution in [3.05, 3.63) is 83.7 Å². The molecule has 0 saturated carbocycles. The van der Waals surface area contributed by atoms with E-state index in [0.717, 1.165) is 51.8 Å². The van der Waals surface area contributed by atoms with E-state index in [1.54, 1.807) is 0 Å². The van der Waals surface area contributed by atoms with E-state index < -0.39 is 0 Å². The molecule has 0 N–H and O–H groups in total. The fourth-order valence-electron chi connectivity index (χ4n) is 3.99. The molecule has 1 saturated heterocycles. The molecule has 2 aliphatic rings. The van der Waals surface area contributed by atoms with E-state index >= 15 is 0 Å². The molecule has 0 amide bonds. The molecule has 0 spiro atoms. The van der Waals surface area contributed by atoms with Gasteiger partial charge in [0.1, 0.15) is 0 Å². The average Bonchev–Trinajstić information content (AvgIpc) is 3.19. The lowest BCUT2D eigenvalue weighted by atomic mass is 10.1. The summed E-state index contributed by atoms with van der Waals surface area (Å²) >= 11 is 1.86. The van der Waals surface area contributed by atoms with Crippen molar-refractivity contribution in [1.29, 1.82) is 0 Å². The Morgan fingerprint density at radius 3 is 2.07 bits per heavy atom. The smallest absolute Gasteiger partial charge is 0.225 e. The molecule has 29 heavy (non-hydrogen) atoms. The van der Waals surface area contributed by atoms with E-state index in [0.29, 0.717) is 0 Å². The van der Waals surface area contributed by atoms with Crippen LogP contribution >= 0.6 is 11.9 Å². The summed E-state index contributed by atoms with van der Waals surface area (Å²) in [5, 5.41) is 0. The van der Waals surface area contributed by atoms with Crippen molar-refractivity contribution in [3.63, 3.8) is 0 Å². The molecule has 0 aliphatic carbocycles. The fourth-order valence-corrected chi connectivity index (χ4v) is 4.95. The Labute approximate surface area is 176 Å². The monoisotopic (exact) mass is 403 g/mol. The van der Waals surface area contributed by atoms with Gasteiger partial charge < -0.3 is 4.90 Å². The van der Waals surface area contributed by atoms with Crippen molar-refractivity contribution >= 4 is 17.9 Å². The van der Waals surface area contributed by atoms with Crippen molar-refractivity contribution in [2.24, 2.45) is 0 Å². The summed E-state index contributed by atoms with van der Waals surface area (Å²) in [6.07, 6.45) is 3.63. The highest BCUT2D eigenvalue weighted by Crippen LogP contribution is 2.32. The standard InChI is InChI=1S/C23H25N5S/c1-2-5-21-18-28(17-20(21)4-1)29-22-8-6-19(7-9-22)16-26-12-14-27(15-13-26)23-24-10-3-11-25-23/h1-11H,12-18H2. The van der Waals surface area contributed by atoms with E-state index in [1.807, 2.05) is 30.4 Å². The Bertz CT molecular complexity index is 914. The van der Waals surface area contributed by atoms with Crippen LogP contribution < -0.4 is 4.90 Å². The Kier molecular flexibility index (Phi) is 5.47. The minimum Gasteiger partial charge on any atom is -0.338 e. The molecule has 0 atom stereocenters. The highest BCUT2D eigenvalue weighted by atomic mass is 32.2. The van der Waals surface area contributed by atoms with Crippen molar-refractivity contribution in [2.45, 2.75) is 24.5 Å². The zero-order valence-electron chi connectivity index (χ0n) is 16.4. The summed E-state index contributed by atoms with van der Waals surface area (Å²) < 4.78 is 2.44. The van der Waals surface area contributed by atoms with Gasteiger partial charge >= 0.3 is 0 Å². The van der Waals surface area contributed by atoms with Gasteiger partial charge in [-0.15, -0.1) is 0 Å². The first-order chi connectivity index (χ1) is 14.3. The van der Waals surface area contributed by atoms with Gasteiger partial charge in [0.2, 0.25) is 5.95 Å². The van der Waals surface area contributed by atoms with Crippen molar-refractivity contribution in [2.75, 3.05) is 31.1 Å². The molecule has 5 nitrogen and oxygen atoms in total. The molecular weight excluding hydrogens is 378 g/mol. The molecule has 2 aliphatic heterocycles. The zero-order valence-corrected chi connectivity index (χ0v) is 17.3. The van der Waals surface area contributed by atoms with Crippen LogP contribution in [0.5, 0.6) is 0 Å².